The SMILES string of the molecule is Cc1cc2ncnc(Nc3ccc([C@H](N)c4ccccc4)cc3)c2cc1C. The van der Waals surface area contributed by atoms with Gasteiger partial charge < -0.3 is 11.1 Å². The lowest BCUT2D eigenvalue weighted by Crippen LogP contribution is -2.11. The molecular formula is C23H22N4. The number of aromatic nitrogens is 2. The second kappa shape index (κ2) is 7.17. The van der Waals surface area contributed by atoms with Crippen LogP contribution in [-0.4, -0.2) is 9.97 Å². The lowest BCUT2D eigenvalue weighted by atomic mass is 9.99. The molecule has 4 rings (SSSR count). The molecule has 0 bridgehead atoms. The Morgan fingerprint density at radius 3 is 2.22 bits per heavy atom. The molecule has 3 aromatic carbocycles. The van der Waals surface area contributed by atoms with Crippen molar-refractivity contribution in [3.63, 3.8) is 0 Å². The maximum Gasteiger partial charge on any atom is 0.141 e. The number of anilines is 2. The molecule has 0 aliphatic heterocycles. The van der Waals surface area contributed by atoms with Crippen LogP contribution >= 0.6 is 0 Å². The van der Waals surface area contributed by atoms with Crippen molar-refractivity contribution < 1.29 is 0 Å². The Morgan fingerprint density at radius 1 is 0.815 bits per heavy atom. The highest BCUT2D eigenvalue weighted by molar-refractivity contribution is 5.91. The quantitative estimate of drug-likeness (QED) is 0.539. The van der Waals surface area contributed by atoms with Gasteiger partial charge in [0, 0.05) is 11.1 Å². The molecule has 0 aliphatic rings. The topological polar surface area (TPSA) is 63.8 Å². The number of benzene rings is 3. The van der Waals surface area contributed by atoms with Crippen LogP contribution in [0.25, 0.3) is 10.9 Å². The first-order chi connectivity index (χ1) is 13.1. The number of hydrogen-bond donors (Lipinski definition) is 2. The van der Waals surface area contributed by atoms with Crippen LogP contribution in [0.4, 0.5) is 11.5 Å². The first-order valence-electron chi connectivity index (χ1n) is 9.01. The second-order valence-corrected chi connectivity index (χ2v) is 6.81. The van der Waals surface area contributed by atoms with E-state index in [2.05, 4.69) is 53.4 Å². The van der Waals surface area contributed by atoms with Crippen LogP contribution in [0.2, 0.25) is 0 Å². The Hall–Kier alpha value is -3.24. The molecule has 27 heavy (non-hydrogen) atoms. The number of rotatable bonds is 4. The second-order valence-electron chi connectivity index (χ2n) is 6.81. The van der Waals surface area contributed by atoms with Gasteiger partial charge in [-0.2, -0.15) is 0 Å². The Bertz CT molecular complexity index is 1070. The fourth-order valence-electron chi connectivity index (χ4n) is 3.18. The van der Waals surface area contributed by atoms with Crippen LogP contribution in [0.1, 0.15) is 28.3 Å². The third-order valence-electron chi connectivity index (χ3n) is 4.94. The standard InChI is InChI=1S/C23H22N4/c1-15-12-20-21(13-16(15)2)25-14-26-23(20)27-19-10-8-18(9-11-19)22(24)17-6-4-3-5-7-17/h3-14,22H,24H2,1-2H3,(H,25,26,27)/t22-/m1/s1. The van der Waals surface area contributed by atoms with Gasteiger partial charge in [-0.3, -0.25) is 0 Å². The zero-order chi connectivity index (χ0) is 18.8. The Balaban J connectivity index is 1.61. The van der Waals surface area contributed by atoms with Crippen LogP contribution < -0.4 is 11.1 Å². The molecule has 4 heteroatoms. The molecule has 0 amide bonds. The van der Waals surface area contributed by atoms with Crippen molar-refractivity contribution in [2.45, 2.75) is 19.9 Å². The largest absolute Gasteiger partial charge is 0.340 e. The molecule has 1 atom stereocenters. The van der Waals surface area contributed by atoms with E-state index in [1.54, 1.807) is 6.33 Å². The number of nitrogens with two attached hydrogens (primary N) is 1. The van der Waals surface area contributed by atoms with Crippen molar-refractivity contribution in [2.75, 3.05) is 5.32 Å². The molecule has 134 valence electrons. The van der Waals surface area contributed by atoms with Crippen LogP contribution in [0.15, 0.2) is 73.1 Å². The molecule has 0 spiro atoms. The summed E-state index contributed by atoms with van der Waals surface area (Å²) in [6, 6.07) is 22.4. The fourth-order valence-corrected chi connectivity index (χ4v) is 3.18. The van der Waals surface area contributed by atoms with E-state index in [9.17, 15) is 0 Å². The maximum atomic E-state index is 6.38. The number of fused-ring (bicyclic) bond motifs is 1. The molecule has 0 radical (unpaired) electrons. The predicted octanol–water partition coefficient (Wildman–Crippen LogP) is 5.04. The highest BCUT2D eigenvalue weighted by Crippen LogP contribution is 2.27. The maximum absolute atomic E-state index is 6.38. The molecule has 4 aromatic rings. The first-order valence-corrected chi connectivity index (χ1v) is 9.01. The van der Waals surface area contributed by atoms with Crippen molar-refractivity contribution in [2.24, 2.45) is 5.73 Å². The van der Waals surface area contributed by atoms with Gasteiger partial charge >= 0.3 is 0 Å². The first kappa shape index (κ1) is 17.2. The van der Waals surface area contributed by atoms with Crippen molar-refractivity contribution in [3.05, 3.63) is 95.3 Å². The Morgan fingerprint density at radius 2 is 1.48 bits per heavy atom. The summed E-state index contributed by atoms with van der Waals surface area (Å²) in [6.45, 7) is 4.20. The minimum Gasteiger partial charge on any atom is -0.340 e. The molecule has 0 aliphatic carbocycles. The van der Waals surface area contributed by atoms with E-state index in [-0.39, 0.29) is 6.04 Å². The monoisotopic (exact) mass is 354 g/mol. The molecule has 0 saturated heterocycles. The van der Waals surface area contributed by atoms with Gasteiger partial charge in [-0.15, -0.1) is 0 Å². The van der Waals surface area contributed by atoms with Gasteiger partial charge in [-0.1, -0.05) is 42.5 Å². The molecule has 3 N–H and O–H groups in total. The van der Waals surface area contributed by atoms with Gasteiger partial charge in [-0.25, -0.2) is 9.97 Å². The molecule has 0 saturated carbocycles. The van der Waals surface area contributed by atoms with Crippen molar-refractivity contribution >= 4 is 22.4 Å². The van der Waals surface area contributed by atoms with E-state index >= 15 is 0 Å². The summed E-state index contributed by atoms with van der Waals surface area (Å²) in [4.78, 5) is 8.82. The zero-order valence-electron chi connectivity index (χ0n) is 15.5. The van der Waals surface area contributed by atoms with Gasteiger partial charge in [0.15, 0.2) is 0 Å². The van der Waals surface area contributed by atoms with Crippen LogP contribution in [0.5, 0.6) is 0 Å². The van der Waals surface area contributed by atoms with Crippen LogP contribution in [0.3, 0.4) is 0 Å². The van der Waals surface area contributed by atoms with Crippen molar-refractivity contribution in [1.29, 1.82) is 0 Å². The summed E-state index contributed by atoms with van der Waals surface area (Å²) in [5.74, 6) is 0.809. The summed E-state index contributed by atoms with van der Waals surface area (Å²) >= 11 is 0. The molecule has 0 unspecified atom stereocenters. The zero-order valence-corrected chi connectivity index (χ0v) is 15.5. The minimum absolute atomic E-state index is 0.134. The number of nitrogens with zero attached hydrogens (tertiary/aromatic N) is 2. The van der Waals surface area contributed by atoms with Gasteiger partial charge in [0.25, 0.3) is 0 Å². The van der Waals surface area contributed by atoms with E-state index < -0.39 is 0 Å². The van der Waals surface area contributed by atoms with Gasteiger partial charge in [0.05, 0.1) is 11.6 Å². The highest BCUT2D eigenvalue weighted by atomic mass is 15.0. The van der Waals surface area contributed by atoms with E-state index in [1.165, 1.54) is 11.1 Å². The Labute approximate surface area is 159 Å². The van der Waals surface area contributed by atoms with Gasteiger partial charge in [0.2, 0.25) is 0 Å². The molecular weight excluding hydrogens is 332 g/mol. The van der Waals surface area contributed by atoms with Gasteiger partial charge in [0.1, 0.15) is 12.1 Å². The van der Waals surface area contributed by atoms with Crippen molar-refractivity contribution in [3.8, 4) is 0 Å². The molecule has 1 heterocycles. The summed E-state index contributed by atoms with van der Waals surface area (Å²) in [5.41, 5.74) is 12.9. The lowest BCUT2D eigenvalue weighted by Gasteiger charge is -2.14. The normalized spacial score (nSPS) is 12.1. The van der Waals surface area contributed by atoms with Crippen LogP contribution in [-0.2, 0) is 0 Å². The molecule has 4 nitrogen and oxygen atoms in total. The molecule has 0 fully saturated rings. The molecule has 1 aromatic heterocycles. The summed E-state index contributed by atoms with van der Waals surface area (Å²) < 4.78 is 0. The van der Waals surface area contributed by atoms with E-state index in [0.29, 0.717) is 0 Å². The van der Waals surface area contributed by atoms with E-state index in [1.807, 2.05) is 42.5 Å². The predicted molar refractivity (Wildman–Crippen MR) is 111 cm³/mol. The average Bonchev–Trinajstić information content (AvgIpc) is 2.70. The fraction of sp³-hybridized carbons (Fsp3) is 0.130. The van der Waals surface area contributed by atoms with Gasteiger partial charge in [-0.05, 0) is 60.4 Å². The summed E-state index contributed by atoms with van der Waals surface area (Å²) in [6.07, 6.45) is 1.60. The summed E-state index contributed by atoms with van der Waals surface area (Å²) in [5, 5.41) is 4.43. The smallest absolute Gasteiger partial charge is 0.141 e. The van der Waals surface area contributed by atoms with E-state index in [0.717, 1.165) is 33.5 Å². The minimum atomic E-state index is -0.134. The number of hydrogen-bond acceptors (Lipinski definition) is 4. The van der Waals surface area contributed by atoms with E-state index in [4.69, 9.17) is 5.73 Å². The lowest BCUT2D eigenvalue weighted by molar-refractivity contribution is 0.872. The summed E-state index contributed by atoms with van der Waals surface area (Å²) in [7, 11) is 0. The average molecular weight is 354 g/mol. The number of nitrogens with one attached hydrogen (secondary N) is 1. The highest BCUT2D eigenvalue weighted by Gasteiger charge is 2.09. The Kier molecular flexibility index (Phi) is 4.57. The third kappa shape index (κ3) is 3.52. The van der Waals surface area contributed by atoms with Crippen molar-refractivity contribution in [1.82, 2.24) is 9.97 Å². The third-order valence-corrected chi connectivity index (χ3v) is 4.94. The number of aryl methyl sites for hydroxylation is 2. The van der Waals surface area contributed by atoms with Crippen LogP contribution in [0, 0.1) is 13.8 Å².